The van der Waals surface area contributed by atoms with Crippen LogP contribution in [-0.2, 0) is 6.42 Å². The molecule has 25 heavy (non-hydrogen) atoms. The first-order chi connectivity index (χ1) is 12.2. The Morgan fingerprint density at radius 1 is 0.640 bits per heavy atom. The van der Waals surface area contributed by atoms with E-state index in [2.05, 4.69) is 62.3 Å². The van der Waals surface area contributed by atoms with Crippen LogP contribution in [0.1, 0.15) is 76.7 Å². The summed E-state index contributed by atoms with van der Waals surface area (Å²) in [4.78, 5) is 2.16. The molecule has 0 heterocycles. The van der Waals surface area contributed by atoms with Crippen LogP contribution in [0.5, 0.6) is 0 Å². The van der Waals surface area contributed by atoms with Crippen molar-refractivity contribution in [1.82, 2.24) is 0 Å². The van der Waals surface area contributed by atoms with Gasteiger partial charge in [-0.2, -0.15) is 0 Å². The first kappa shape index (κ1) is 19.8. The molecule has 138 valence electrons. The Morgan fingerprint density at radius 3 is 1.84 bits per heavy atom. The standard InChI is InChI=1S/C24H37N/c1-4-5-6-7-8-9-10-11-12-13-14-21-15-16-23-20-24(25(2)3)18-17-22(23)19-21/h15-20H,4-14H2,1-3H3. The zero-order valence-corrected chi connectivity index (χ0v) is 16.7. The van der Waals surface area contributed by atoms with Gasteiger partial charge in [-0.25, -0.2) is 0 Å². The Balaban J connectivity index is 1.65. The van der Waals surface area contributed by atoms with Gasteiger partial charge in [-0.05, 0) is 41.3 Å². The van der Waals surface area contributed by atoms with Crippen LogP contribution in [0.2, 0.25) is 0 Å². The van der Waals surface area contributed by atoms with Gasteiger partial charge in [0.25, 0.3) is 0 Å². The predicted molar refractivity (Wildman–Crippen MR) is 114 cm³/mol. The van der Waals surface area contributed by atoms with E-state index in [9.17, 15) is 0 Å². The number of anilines is 1. The molecule has 2 aromatic rings. The number of benzene rings is 2. The van der Waals surface area contributed by atoms with E-state index in [0.29, 0.717) is 0 Å². The summed E-state index contributed by atoms with van der Waals surface area (Å²) in [5, 5.41) is 2.72. The van der Waals surface area contributed by atoms with Crippen LogP contribution in [0, 0.1) is 0 Å². The Morgan fingerprint density at radius 2 is 1.20 bits per heavy atom. The molecule has 0 N–H and O–H groups in total. The molecule has 0 saturated carbocycles. The van der Waals surface area contributed by atoms with Gasteiger partial charge in [0.05, 0.1) is 0 Å². The van der Waals surface area contributed by atoms with Crippen LogP contribution in [0.3, 0.4) is 0 Å². The van der Waals surface area contributed by atoms with Crippen molar-refractivity contribution in [1.29, 1.82) is 0 Å². The molecular formula is C24H37N. The van der Waals surface area contributed by atoms with Crippen LogP contribution in [0.15, 0.2) is 36.4 Å². The average molecular weight is 340 g/mol. The summed E-state index contributed by atoms with van der Waals surface area (Å²) < 4.78 is 0. The van der Waals surface area contributed by atoms with Crippen molar-refractivity contribution in [3.8, 4) is 0 Å². The van der Waals surface area contributed by atoms with Gasteiger partial charge in [0.2, 0.25) is 0 Å². The molecule has 0 aliphatic heterocycles. The van der Waals surface area contributed by atoms with E-state index in [1.807, 2.05) is 0 Å². The van der Waals surface area contributed by atoms with Crippen molar-refractivity contribution in [3.63, 3.8) is 0 Å². The van der Waals surface area contributed by atoms with Crippen molar-refractivity contribution in [2.75, 3.05) is 19.0 Å². The maximum atomic E-state index is 2.38. The monoisotopic (exact) mass is 339 g/mol. The molecule has 0 aliphatic rings. The quantitative estimate of drug-likeness (QED) is 0.365. The topological polar surface area (TPSA) is 3.24 Å². The number of hydrogen-bond acceptors (Lipinski definition) is 1. The third-order valence-corrected chi connectivity index (χ3v) is 5.22. The molecule has 2 rings (SSSR count). The lowest BCUT2D eigenvalue weighted by molar-refractivity contribution is 0.556. The fourth-order valence-corrected chi connectivity index (χ4v) is 3.53. The maximum absolute atomic E-state index is 2.38. The predicted octanol–water partition coefficient (Wildman–Crippen LogP) is 7.37. The summed E-state index contributed by atoms with van der Waals surface area (Å²) in [6, 6.07) is 13.7. The van der Waals surface area contributed by atoms with E-state index in [1.165, 1.54) is 92.7 Å². The Bertz CT molecular complexity index is 615. The summed E-state index contributed by atoms with van der Waals surface area (Å²) in [5.41, 5.74) is 2.76. The summed E-state index contributed by atoms with van der Waals surface area (Å²) in [6.07, 6.45) is 15.3. The number of fused-ring (bicyclic) bond motifs is 1. The number of rotatable bonds is 12. The minimum atomic E-state index is 1.22. The van der Waals surface area contributed by atoms with Gasteiger partial charge in [0, 0.05) is 19.8 Å². The normalized spacial score (nSPS) is 11.2. The van der Waals surface area contributed by atoms with E-state index in [0.717, 1.165) is 0 Å². The van der Waals surface area contributed by atoms with E-state index >= 15 is 0 Å². The molecule has 0 fully saturated rings. The van der Waals surface area contributed by atoms with Crippen LogP contribution in [-0.4, -0.2) is 14.1 Å². The molecule has 0 radical (unpaired) electrons. The second kappa shape index (κ2) is 11.2. The van der Waals surface area contributed by atoms with Crippen LogP contribution < -0.4 is 4.90 Å². The Kier molecular flexibility index (Phi) is 8.86. The highest BCUT2D eigenvalue weighted by Gasteiger charge is 2.01. The molecule has 0 atom stereocenters. The average Bonchev–Trinajstić information content (AvgIpc) is 2.62. The second-order valence-electron chi connectivity index (χ2n) is 7.69. The van der Waals surface area contributed by atoms with Gasteiger partial charge in [-0.3, -0.25) is 0 Å². The fraction of sp³-hybridized carbons (Fsp3) is 0.583. The molecule has 0 spiro atoms. The third-order valence-electron chi connectivity index (χ3n) is 5.22. The van der Waals surface area contributed by atoms with Crippen LogP contribution in [0.4, 0.5) is 5.69 Å². The van der Waals surface area contributed by atoms with Crippen molar-refractivity contribution < 1.29 is 0 Å². The van der Waals surface area contributed by atoms with Crippen molar-refractivity contribution >= 4 is 16.5 Å². The first-order valence-electron chi connectivity index (χ1n) is 10.4. The summed E-state index contributed by atoms with van der Waals surface area (Å²) in [5.74, 6) is 0. The minimum Gasteiger partial charge on any atom is -0.378 e. The molecule has 1 heteroatoms. The molecular weight excluding hydrogens is 302 g/mol. The van der Waals surface area contributed by atoms with Crippen molar-refractivity contribution in [2.24, 2.45) is 0 Å². The number of unbranched alkanes of at least 4 members (excludes halogenated alkanes) is 9. The lowest BCUT2D eigenvalue weighted by atomic mass is 10.0. The van der Waals surface area contributed by atoms with E-state index in [4.69, 9.17) is 0 Å². The fourth-order valence-electron chi connectivity index (χ4n) is 3.53. The van der Waals surface area contributed by atoms with Gasteiger partial charge in [0.1, 0.15) is 0 Å². The lowest BCUT2D eigenvalue weighted by Gasteiger charge is -2.13. The van der Waals surface area contributed by atoms with Crippen LogP contribution in [0.25, 0.3) is 10.8 Å². The Hall–Kier alpha value is -1.50. The first-order valence-corrected chi connectivity index (χ1v) is 10.4. The highest BCUT2D eigenvalue weighted by molar-refractivity contribution is 5.86. The SMILES string of the molecule is CCCCCCCCCCCCc1ccc2cc(N(C)C)ccc2c1. The summed E-state index contributed by atoms with van der Waals surface area (Å²) in [6.45, 7) is 2.29. The molecule has 0 saturated heterocycles. The molecule has 0 unspecified atom stereocenters. The van der Waals surface area contributed by atoms with Crippen molar-refractivity contribution in [2.45, 2.75) is 77.6 Å². The number of hydrogen-bond donors (Lipinski definition) is 0. The second-order valence-corrected chi connectivity index (χ2v) is 7.69. The zero-order valence-electron chi connectivity index (χ0n) is 16.7. The summed E-state index contributed by atoms with van der Waals surface area (Å²) in [7, 11) is 4.20. The maximum Gasteiger partial charge on any atom is 0.0367 e. The van der Waals surface area contributed by atoms with Gasteiger partial charge in [0.15, 0.2) is 0 Å². The minimum absolute atomic E-state index is 1.22. The van der Waals surface area contributed by atoms with E-state index < -0.39 is 0 Å². The number of nitrogens with zero attached hydrogens (tertiary/aromatic N) is 1. The van der Waals surface area contributed by atoms with Gasteiger partial charge in [-0.15, -0.1) is 0 Å². The van der Waals surface area contributed by atoms with Gasteiger partial charge < -0.3 is 4.90 Å². The van der Waals surface area contributed by atoms with Gasteiger partial charge >= 0.3 is 0 Å². The van der Waals surface area contributed by atoms with Crippen molar-refractivity contribution in [3.05, 3.63) is 42.0 Å². The smallest absolute Gasteiger partial charge is 0.0367 e. The lowest BCUT2D eigenvalue weighted by Crippen LogP contribution is -2.07. The number of aryl methyl sites for hydroxylation is 1. The van der Waals surface area contributed by atoms with Gasteiger partial charge in [-0.1, -0.05) is 89.0 Å². The summed E-state index contributed by atoms with van der Waals surface area (Å²) >= 11 is 0. The molecule has 0 amide bonds. The highest BCUT2D eigenvalue weighted by atomic mass is 15.1. The molecule has 0 aliphatic carbocycles. The zero-order chi connectivity index (χ0) is 17.9. The highest BCUT2D eigenvalue weighted by Crippen LogP contribution is 2.23. The largest absolute Gasteiger partial charge is 0.378 e. The third kappa shape index (κ3) is 7.10. The molecule has 2 aromatic carbocycles. The van der Waals surface area contributed by atoms with E-state index in [1.54, 1.807) is 0 Å². The Labute approximate surface area is 155 Å². The van der Waals surface area contributed by atoms with Crippen LogP contribution >= 0.6 is 0 Å². The molecule has 1 nitrogen and oxygen atoms in total. The molecule has 0 aromatic heterocycles. The van der Waals surface area contributed by atoms with E-state index in [-0.39, 0.29) is 0 Å². The molecule has 0 bridgehead atoms.